The van der Waals surface area contributed by atoms with Gasteiger partial charge in [0.2, 0.25) is 0 Å². The smallest absolute Gasteiger partial charge is 0.269 e. The fraction of sp³-hybridized carbons (Fsp3) is 0.300. The zero-order valence-corrected chi connectivity index (χ0v) is 11.1. The number of carbonyl (C=O) groups excluding carboxylic acids is 1. The molecule has 1 aromatic rings. The summed E-state index contributed by atoms with van der Waals surface area (Å²) in [6.07, 6.45) is 0.449. The first-order chi connectivity index (χ1) is 8.08. The van der Waals surface area contributed by atoms with Gasteiger partial charge in [0.1, 0.15) is 5.78 Å². The lowest BCUT2D eigenvalue weighted by Crippen LogP contribution is -2.32. The number of nitro groups is 1. The standard InChI is InChI=1S/C10H10BIN2O3/c11-6-10(15)9(13-12)5-7-1-3-8(4-2-7)14(16)17/h1-4,9,13H,5-6H2/t9-/m0/s1. The highest BCUT2D eigenvalue weighted by Gasteiger charge is 2.15. The van der Waals surface area contributed by atoms with Crippen molar-refractivity contribution in [3.8, 4) is 0 Å². The molecule has 0 heterocycles. The Labute approximate surface area is 114 Å². The Morgan fingerprint density at radius 2 is 2.06 bits per heavy atom. The SMILES string of the molecule is [B]CC(=O)[C@H](Cc1ccc([N+](=O)[O-])cc1)NI. The predicted molar refractivity (Wildman–Crippen MR) is 73.3 cm³/mol. The maximum absolute atomic E-state index is 11.4. The second kappa shape index (κ2) is 6.70. The molecule has 0 unspecified atom stereocenters. The van der Waals surface area contributed by atoms with Crippen molar-refractivity contribution in [3.63, 3.8) is 0 Å². The molecule has 1 aromatic carbocycles. The number of rotatable bonds is 6. The number of nitro benzene ring substituents is 1. The van der Waals surface area contributed by atoms with Gasteiger partial charge < -0.3 is 0 Å². The molecule has 88 valence electrons. The van der Waals surface area contributed by atoms with Crippen molar-refractivity contribution < 1.29 is 9.72 Å². The van der Waals surface area contributed by atoms with Crippen LogP contribution in [0.2, 0.25) is 6.32 Å². The van der Waals surface area contributed by atoms with Crippen LogP contribution in [0.25, 0.3) is 0 Å². The Hall–Kier alpha value is -0.955. The van der Waals surface area contributed by atoms with Crippen LogP contribution in [0.1, 0.15) is 5.56 Å². The first-order valence-corrected chi connectivity index (χ1v) is 5.98. The zero-order chi connectivity index (χ0) is 12.8. The van der Waals surface area contributed by atoms with Crippen molar-refractivity contribution >= 4 is 42.2 Å². The summed E-state index contributed by atoms with van der Waals surface area (Å²) in [5.41, 5.74) is 0.893. The maximum Gasteiger partial charge on any atom is 0.269 e. The molecule has 1 atom stereocenters. The number of ketones is 1. The normalized spacial score (nSPS) is 12.1. The Balaban J connectivity index is 2.74. The Kier molecular flexibility index (Phi) is 5.56. The van der Waals surface area contributed by atoms with E-state index in [0.29, 0.717) is 6.42 Å². The van der Waals surface area contributed by atoms with Crippen LogP contribution in [0.4, 0.5) is 5.69 Å². The van der Waals surface area contributed by atoms with Gasteiger partial charge in [-0.25, -0.2) is 0 Å². The first-order valence-electron chi connectivity index (χ1n) is 4.90. The molecule has 0 amide bonds. The largest absolute Gasteiger partial charge is 0.299 e. The summed E-state index contributed by atoms with van der Waals surface area (Å²) in [5.74, 6) is -0.0854. The van der Waals surface area contributed by atoms with Crippen LogP contribution in [-0.4, -0.2) is 24.6 Å². The fourth-order valence-electron chi connectivity index (χ4n) is 1.34. The zero-order valence-electron chi connectivity index (χ0n) is 8.93. The van der Waals surface area contributed by atoms with Gasteiger partial charge in [-0.15, -0.1) is 0 Å². The second-order valence-electron chi connectivity index (χ2n) is 3.46. The summed E-state index contributed by atoms with van der Waals surface area (Å²) in [7, 11) is 5.28. The summed E-state index contributed by atoms with van der Waals surface area (Å²) in [4.78, 5) is 21.4. The highest BCUT2D eigenvalue weighted by atomic mass is 127. The number of nitrogens with zero attached hydrogens (tertiary/aromatic N) is 1. The molecule has 0 fully saturated rings. The lowest BCUT2D eigenvalue weighted by atomic mass is 9.93. The van der Waals surface area contributed by atoms with Gasteiger partial charge in [0.15, 0.2) is 0 Å². The monoisotopic (exact) mass is 344 g/mol. The van der Waals surface area contributed by atoms with Gasteiger partial charge >= 0.3 is 0 Å². The van der Waals surface area contributed by atoms with E-state index in [0.717, 1.165) is 5.56 Å². The van der Waals surface area contributed by atoms with E-state index in [4.69, 9.17) is 7.85 Å². The van der Waals surface area contributed by atoms with Gasteiger partial charge in [0.25, 0.3) is 5.69 Å². The van der Waals surface area contributed by atoms with Gasteiger partial charge in [-0.2, -0.15) is 0 Å². The van der Waals surface area contributed by atoms with E-state index in [9.17, 15) is 14.9 Å². The second-order valence-corrected chi connectivity index (χ2v) is 4.08. The Morgan fingerprint density at radius 3 is 2.47 bits per heavy atom. The highest BCUT2D eigenvalue weighted by molar-refractivity contribution is 14.1. The molecular formula is C10H10BIN2O3. The van der Waals surface area contributed by atoms with E-state index in [1.54, 1.807) is 12.1 Å². The molecular weight excluding hydrogens is 334 g/mol. The van der Waals surface area contributed by atoms with Crippen molar-refractivity contribution in [2.45, 2.75) is 18.8 Å². The third-order valence-electron chi connectivity index (χ3n) is 2.31. The summed E-state index contributed by atoms with van der Waals surface area (Å²) in [5, 5.41) is 10.5. The van der Waals surface area contributed by atoms with Gasteiger partial charge in [-0.05, 0) is 18.3 Å². The first kappa shape index (κ1) is 14.1. The fourth-order valence-corrected chi connectivity index (χ4v) is 1.91. The molecule has 0 bridgehead atoms. The summed E-state index contributed by atoms with van der Waals surface area (Å²) in [6, 6.07) is 5.77. The Bertz CT molecular complexity index is 411. The summed E-state index contributed by atoms with van der Waals surface area (Å²) < 4.78 is 2.85. The summed E-state index contributed by atoms with van der Waals surface area (Å²) in [6.45, 7) is 0. The third kappa shape index (κ3) is 4.08. The van der Waals surface area contributed by atoms with E-state index >= 15 is 0 Å². The average Bonchev–Trinajstić information content (AvgIpc) is 2.35. The molecule has 5 nitrogen and oxygen atoms in total. The number of carbonyl (C=O) groups is 1. The third-order valence-corrected chi connectivity index (χ3v) is 3.06. The van der Waals surface area contributed by atoms with Gasteiger partial charge in [-0.1, -0.05) is 12.1 Å². The molecule has 1 N–H and O–H groups in total. The summed E-state index contributed by atoms with van der Waals surface area (Å²) >= 11 is 1.90. The number of nitrogens with one attached hydrogen (secondary N) is 1. The Morgan fingerprint density at radius 1 is 1.47 bits per heavy atom. The van der Waals surface area contributed by atoms with Crippen molar-refractivity contribution in [2.24, 2.45) is 0 Å². The van der Waals surface area contributed by atoms with Crippen molar-refractivity contribution in [2.75, 3.05) is 0 Å². The van der Waals surface area contributed by atoms with Gasteiger partial charge in [0.05, 0.1) is 18.8 Å². The highest BCUT2D eigenvalue weighted by Crippen LogP contribution is 2.14. The van der Waals surface area contributed by atoms with E-state index in [1.165, 1.54) is 12.1 Å². The molecule has 0 spiro atoms. The minimum atomic E-state index is -0.455. The number of non-ortho nitro benzene ring substituents is 1. The lowest BCUT2D eigenvalue weighted by molar-refractivity contribution is -0.384. The number of hydrogen-bond acceptors (Lipinski definition) is 4. The van der Waals surface area contributed by atoms with Crippen LogP contribution >= 0.6 is 22.9 Å². The van der Waals surface area contributed by atoms with E-state index < -0.39 is 4.92 Å². The molecule has 0 aromatic heterocycles. The molecule has 0 saturated carbocycles. The van der Waals surface area contributed by atoms with Crippen molar-refractivity contribution in [1.29, 1.82) is 0 Å². The molecule has 1 rings (SSSR count). The molecule has 0 aliphatic heterocycles. The van der Waals surface area contributed by atoms with Gasteiger partial charge in [0, 0.05) is 35.0 Å². The van der Waals surface area contributed by atoms with Crippen LogP contribution in [0, 0.1) is 10.1 Å². The minimum absolute atomic E-state index is 0.0202. The maximum atomic E-state index is 11.4. The molecule has 17 heavy (non-hydrogen) atoms. The van der Waals surface area contributed by atoms with E-state index in [-0.39, 0.29) is 23.8 Å². The number of halogens is 1. The van der Waals surface area contributed by atoms with E-state index in [1.807, 2.05) is 22.9 Å². The molecule has 0 aliphatic rings. The van der Waals surface area contributed by atoms with Gasteiger partial charge in [-0.3, -0.25) is 18.4 Å². The molecule has 7 heteroatoms. The van der Waals surface area contributed by atoms with E-state index in [2.05, 4.69) is 3.53 Å². The van der Waals surface area contributed by atoms with Crippen LogP contribution in [0.5, 0.6) is 0 Å². The number of Topliss-reactive ketones (excluding diaryl/α,β-unsaturated/α-hetero) is 1. The van der Waals surface area contributed by atoms with Crippen molar-refractivity contribution in [3.05, 3.63) is 39.9 Å². The molecule has 2 radical (unpaired) electrons. The minimum Gasteiger partial charge on any atom is -0.299 e. The van der Waals surface area contributed by atoms with Crippen LogP contribution in [0.3, 0.4) is 0 Å². The predicted octanol–water partition coefficient (Wildman–Crippen LogP) is 1.60. The van der Waals surface area contributed by atoms with Crippen LogP contribution in [-0.2, 0) is 11.2 Å². The number of hydrogen-bond donors (Lipinski definition) is 1. The molecule has 0 aliphatic carbocycles. The lowest BCUT2D eigenvalue weighted by Gasteiger charge is -2.12. The van der Waals surface area contributed by atoms with Crippen molar-refractivity contribution in [1.82, 2.24) is 3.53 Å². The van der Waals surface area contributed by atoms with Crippen LogP contribution < -0.4 is 3.53 Å². The number of benzene rings is 1. The topological polar surface area (TPSA) is 72.2 Å². The van der Waals surface area contributed by atoms with Crippen LogP contribution in [0.15, 0.2) is 24.3 Å². The average molecular weight is 344 g/mol. The quantitative estimate of drug-likeness (QED) is 0.280. The molecule has 0 saturated heterocycles.